The summed E-state index contributed by atoms with van der Waals surface area (Å²) < 4.78 is 0. The summed E-state index contributed by atoms with van der Waals surface area (Å²) >= 11 is 0. The molecule has 0 aliphatic heterocycles. The zero-order chi connectivity index (χ0) is 12.3. The van der Waals surface area contributed by atoms with Crippen LogP contribution in [0.15, 0.2) is 0 Å². The summed E-state index contributed by atoms with van der Waals surface area (Å²) in [5.74, 6) is 0. The van der Waals surface area contributed by atoms with Crippen LogP contribution in [-0.4, -0.2) is 36.6 Å². The number of hydrogen-bond donors (Lipinski definition) is 1. The summed E-state index contributed by atoms with van der Waals surface area (Å²) in [5.41, 5.74) is 0.566. The lowest BCUT2D eigenvalue weighted by Crippen LogP contribution is -2.41. The second kappa shape index (κ2) is 5.71. The molecule has 1 N–H and O–H groups in total. The smallest absolute Gasteiger partial charge is 0.0110 e. The van der Waals surface area contributed by atoms with E-state index in [1.54, 1.807) is 0 Å². The molecular formula is C15H30N2. The molecule has 2 aliphatic rings. The van der Waals surface area contributed by atoms with E-state index >= 15 is 0 Å². The largest absolute Gasteiger partial charge is 0.313 e. The Labute approximate surface area is 107 Å². The Balaban J connectivity index is 1.64. The first-order valence-electron chi connectivity index (χ1n) is 7.58. The van der Waals surface area contributed by atoms with Gasteiger partial charge in [-0.25, -0.2) is 0 Å². The Kier molecular flexibility index (Phi) is 4.48. The van der Waals surface area contributed by atoms with Crippen molar-refractivity contribution in [1.82, 2.24) is 10.2 Å². The molecule has 0 amide bonds. The molecule has 2 fully saturated rings. The fourth-order valence-corrected chi connectivity index (χ4v) is 3.32. The Hall–Kier alpha value is -0.0800. The summed E-state index contributed by atoms with van der Waals surface area (Å²) in [6.45, 7) is 10.8. The van der Waals surface area contributed by atoms with Crippen LogP contribution in [0.5, 0.6) is 0 Å². The SMILES string of the molecule is CCN(CCNC1CCCC(C)(C)C1)C1CC1. The third-order valence-electron chi connectivity index (χ3n) is 4.51. The first-order valence-corrected chi connectivity index (χ1v) is 7.58. The van der Waals surface area contributed by atoms with Gasteiger partial charge in [-0.15, -0.1) is 0 Å². The maximum atomic E-state index is 3.78. The summed E-state index contributed by atoms with van der Waals surface area (Å²) in [7, 11) is 0. The second-order valence-electron chi connectivity index (χ2n) is 6.77. The molecule has 1 unspecified atom stereocenters. The van der Waals surface area contributed by atoms with E-state index in [1.165, 1.54) is 58.2 Å². The van der Waals surface area contributed by atoms with Gasteiger partial charge < -0.3 is 5.32 Å². The third kappa shape index (κ3) is 4.26. The van der Waals surface area contributed by atoms with Crippen LogP contribution < -0.4 is 5.32 Å². The quantitative estimate of drug-likeness (QED) is 0.765. The number of rotatable bonds is 6. The Bertz CT molecular complexity index is 233. The zero-order valence-corrected chi connectivity index (χ0v) is 12.0. The molecule has 0 spiro atoms. The highest BCUT2D eigenvalue weighted by molar-refractivity contribution is 4.86. The van der Waals surface area contributed by atoms with Crippen molar-refractivity contribution in [2.75, 3.05) is 19.6 Å². The predicted molar refractivity (Wildman–Crippen MR) is 74.3 cm³/mol. The maximum absolute atomic E-state index is 3.78. The van der Waals surface area contributed by atoms with Gasteiger partial charge >= 0.3 is 0 Å². The molecule has 0 saturated heterocycles. The lowest BCUT2D eigenvalue weighted by molar-refractivity contribution is 0.191. The average molecular weight is 238 g/mol. The predicted octanol–water partition coefficient (Wildman–Crippen LogP) is 3.03. The highest BCUT2D eigenvalue weighted by Gasteiger charge is 2.29. The minimum atomic E-state index is 0.566. The van der Waals surface area contributed by atoms with E-state index in [0.717, 1.165) is 12.1 Å². The fraction of sp³-hybridized carbons (Fsp3) is 1.00. The normalized spacial score (nSPS) is 28.6. The van der Waals surface area contributed by atoms with Crippen LogP contribution in [0.1, 0.15) is 59.3 Å². The molecule has 2 aliphatic carbocycles. The van der Waals surface area contributed by atoms with E-state index in [9.17, 15) is 0 Å². The fourth-order valence-electron chi connectivity index (χ4n) is 3.32. The lowest BCUT2D eigenvalue weighted by atomic mass is 9.75. The van der Waals surface area contributed by atoms with Crippen molar-refractivity contribution in [2.24, 2.45) is 5.41 Å². The summed E-state index contributed by atoms with van der Waals surface area (Å²) in [6.07, 6.45) is 8.44. The molecule has 2 saturated carbocycles. The third-order valence-corrected chi connectivity index (χ3v) is 4.51. The molecule has 0 aromatic heterocycles. The van der Waals surface area contributed by atoms with Crippen molar-refractivity contribution in [2.45, 2.75) is 71.4 Å². The second-order valence-corrected chi connectivity index (χ2v) is 6.77. The van der Waals surface area contributed by atoms with Crippen LogP contribution in [0.4, 0.5) is 0 Å². The minimum Gasteiger partial charge on any atom is -0.313 e. The van der Waals surface area contributed by atoms with E-state index in [-0.39, 0.29) is 0 Å². The van der Waals surface area contributed by atoms with Crippen molar-refractivity contribution < 1.29 is 0 Å². The van der Waals surface area contributed by atoms with E-state index < -0.39 is 0 Å². The van der Waals surface area contributed by atoms with Gasteiger partial charge in [-0.3, -0.25) is 4.90 Å². The lowest BCUT2D eigenvalue weighted by Gasteiger charge is -2.36. The highest BCUT2D eigenvalue weighted by atomic mass is 15.2. The van der Waals surface area contributed by atoms with Crippen molar-refractivity contribution >= 4 is 0 Å². The minimum absolute atomic E-state index is 0.566. The van der Waals surface area contributed by atoms with Crippen molar-refractivity contribution in [3.05, 3.63) is 0 Å². The molecule has 0 radical (unpaired) electrons. The average Bonchev–Trinajstić information content (AvgIpc) is 3.07. The molecule has 1 atom stereocenters. The van der Waals surface area contributed by atoms with E-state index in [4.69, 9.17) is 0 Å². The summed E-state index contributed by atoms with van der Waals surface area (Å²) in [6, 6.07) is 1.70. The van der Waals surface area contributed by atoms with Gasteiger partial charge in [-0.2, -0.15) is 0 Å². The van der Waals surface area contributed by atoms with Crippen LogP contribution in [0.2, 0.25) is 0 Å². The molecule has 0 aromatic rings. The van der Waals surface area contributed by atoms with Gasteiger partial charge in [0.1, 0.15) is 0 Å². The van der Waals surface area contributed by atoms with E-state index in [1.807, 2.05) is 0 Å². The van der Waals surface area contributed by atoms with Gasteiger partial charge in [0.05, 0.1) is 0 Å². The first kappa shape index (κ1) is 13.4. The molecule has 0 aromatic carbocycles. The van der Waals surface area contributed by atoms with E-state index in [2.05, 4.69) is 31.0 Å². The maximum Gasteiger partial charge on any atom is 0.0110 e. The summed E-state index contributed by atoms with van der Waals surface area (Å²) in [4.78, 5) is 2.64. The van der Waals surface area contributed by atoms with Crippen LogP contribution in [-0.2, 0) is 0 Å². The molecule has 0 heterocycles. The zero-order valence-electron chi connectivity index (χ0n) is 12.0. The van der Waals surface area contributed by atoms with E-state index in [0.29, 0.717) is 5.41 Å². The van der Waals surface area contributed by atoms with Gasteiger partial charge in [-0.05, 0) is 44.1 Å². The molecule has 0 bridgehead atoms. The Morgan fingerprint density at radius 1 is 1.24 bits per heavy atom. The van der Waals surface area contributed by atoms with Gasteiger partial charge in [0.25, 0.3) is 0 Å². The number of nitrogens with zero attached hydrogens (tertiary/aromatic N) is 1. The van der Waals surface area contributed by atoms with Gasteiger partial charge in [0.2, 0.25) is 0 Å². The molecule has 2 rings (SSSR count). The molecule has 100 valence electrons. The van der Waals surface area contributed by atoms with Gasteiger partial charge in [0.15, 0.2) is 0 Å². The molecular weight excluding hydrogens is 208 g/mol. The number of nitrogens with one attached hydrogen (secondary N) is 1. The van der Waals surface area contributed by atoms with Crippen LogP contribution >= 0.6 is 0 Å². The highest BCUT2D eigenvalue weighted by Crippen LogP contribution is 2.35. The molecule has 2 heteroatoms. The van der Waals surface area contributed by atoms with Crippen molar-refractivity contribution in [3.63, 3.8) is 0 Å². The van der Waals surface area contributed by atoms with Gasteiger partial charge in [0, 0.05) is 25.2 Å². The number of likely N-dealkylation sites (N-methyl/N-ethyl adjacent to an activating group) is 1. The topological polar surface area (TPSA) is 15.3 Å². The van der Waals surface area contributed by atoms with Crippen LogP contribution in [0, 0.1) is 5.41 Å². The van der Waals surface area contributed by atoms with Gasteiger partial charge in [-0.1, -0.05) is 27.2 Å². The first-order chi connectivity index (χ1) is 8.11. The monoisotopic (exact) mass is 238 g/mol. The van der Waals surface area contributed by atoms with Crippen molar-refractivity contribution in [3.8, 4) is 0 Å². The van der Waals surface area contributed by atoms with Crippen molar-refractivity contribution in [1.29, 1.82) is 0 Å². The molecule has 17 heavy (non-hydrogen) atoms. The molecule has 2 nitrogen and oxygen atoms in total. The van der Waals surface area contributed by atoms with Crippen LogP contribution in [0.3, 0.4) is 0 Å². The standard InChI is InChI=1S/C15H30N2/c1-4-17(14-7-8-14)11-10-16-13-6-5-9-15(2,3)12-13/h13-14,16H,4-12H2,1-3H3. The summed E-state index contributed by atoms with van der Waals surface area (Å²) in [5, 5.41) is 3.78. The Morgan fingerprint density at radius 3 is 2.59 bits per heavy atom. The Morgan fingerprint density at radius 2 is 2.00 bits per heavy atom. The van der Waals surface area contributed by atoms with Crippen LogP contribution in [0.25, 0.3) is 0 Å². The number of hydrogen-bond acceptors (Lipinski definition) is 2.